The molecule has 0 aliphatic carbocycles. The monoisotopic (exact) mass is 309 g/mol. The van der Waals surface area contributed by atoms with Crippen molar-refractivity contribution in [1.82, 2.24) is 4.98 Å². The summed E-state index contributed by atoms with van der Waals surface area (Å²) in [4.78, 5) is 4.15. The van der Waals surface area contributed by atoms with E-state index in [-0.39, 0.29) is 0 Å². The van der Waals surface area contributed by atoms with E-state index in [2.05, 4.69) is 36.8 Å². The Labute approximate surface area is 93.7 Å². The van der Waals surface area contributed by atoms with Gasteiger partial charge in [-0.2, -0.15) is 0 Å². The summed E-state index contributed by atoms with van der Waals surface area (Å²) in [6.45, 7) is 2.52. The Morgan fingerprint density at radius 2 is 1.92 bits per heavy atom. The molecule has 0 unspecified atom stereocenters. The molecule has 0 saturated heterocycles. The van der Waals surface area contributed by atoms with Gasteiger partial charge in [0.15, 0.2) is 11.5 Å². The maximum Gasteiger partial charge on any atom is 0.155 e. The van der Waals surface area contributed by atoms with Crippen LogP contribution in [0.15, 0.2) is 15.3 Å². The number of aromatic nitrogens is 1. The number of nitrogens with zero attached hydrogens (tertiary/aromatic N) is 1. The Morgan fingerprint density at radius 3 is 2.46 bits per heavy atom. The molecule has 0 aliphatic rings. The Morgan fingerprint density at radius 1 is 1.31 bits per heavy atom. The molecule has 72 valence electrons. The molecular formula is C8H9Br2NO2. The van der Waals surface area contributed by atoms with Crippen LogP contribution in [-0.4, -0.2) is 18.7 Å². The maximum absolute atomic E-state index is 5.32. The van der Waals surface area contributed by atoms with Crippen LogP contribution < -0.4 is 9.47 Å². The topological polar surface area (TPSA) is 31.4 Å². The SMILES string of the molecule is CCOc1cc(OC)c(Br)nc1Br. The predicted octanol–water partition coefficient (Wildman–Crippen LogP) is 3.01. The largest absolute Gasteiger partial charge is 0.494 e. The van der Waals surface area contributed by atoms with Gasteiger partial charge < -0.3 is 9.47 Å². The van der Waals surface area contributed by atoms with E-state index < -0.39 is 0 Å². The molecule has 13 heavy (non-hydrogen) atoms. The minimum absolute atomic E-state index is 0.602. The van der Waals surface area contributed by atoms with E-state index in [4.69, 9.17) is 9.47 Å². The average Bonchev–Trinajstić information content (AvgIpc) is 2.10. The highest BCUT2D eigenvalue weighted by Gasteiger charge is 2.08. The molecular weight excluding hydrogens is 302 g/mol. The first kappa shape index (κ1) is 10.8. The Balaban J connectivity index is 3.06. The van der Waals surface area contributed by atoms with Gasteiger partial charge in [0.25, 0.3) is 0 Å². The summed E-state index contributed by atoms with van der Waals surface area (Å²) in [5.41, 5.74) is 0. The molecule has 5 heteroatoms. The lowest BCUT2D eigenvalue weighted by Crippen LogP contribution is -1.96. The summed E-state index contributed by atoms with van der Waals surface area (Å²) in [6, 6.07) is 1.78. The number of hydrogen-bond acceptors (Lipinski definition) is 3. The zero-order chi connectivity index (χ0) is 9.84. The lowest BCUT2D eigenvalue weighted by molar-refractivity contribution is 0.331. The minimum Gasteiger partial charge on any atom is -0.494 e. The van der Waals surface area contributed by atoms with Crippen LogP contribution in [0.2, 0.25) is 0 Å². The van der Waals surface area contributed by atoms with Crippen LogP contribution in [0.25, 0.3) is 0 Å². The van der Waals surface area contributed by atoms with E-state index in [1.807, 2.05) is 6.92 Å². The molecule has 0 N–H and O–H groups in total. The van der Waals surface area contributed by atoms with Gasteiger partial charge in [-0.25, -0.2) is 4.98 Å². The Bertz CT molecular complexity index is 304. The fraction of sp³-hybridized carbons (Fsp3) is 0.375. The van der Waals surface area contributed by atoms with Crippen molar-refractivity contribution in [2.45, 2.75) is 6.92 Å². The predicted molar refractivity (Wildman–Crippen MR) is 57.4 cm³/mol. The second-order valence-electron chi connectivity index (χ2n) is 2.20. The molecule has 0 amide bonds. The normalized spacial score (nSPS) is 9.85. The summed E-state index contributed by atoms with van der Waals surface area (Å²) >= 11 is 6.56. The van der Waals surface area contributed by atoms with Crippen LogP contribution in [-0.2, 0) is 0 Å². The summed E-state index contributed by atoms with van der Waals surface area (Å²) in [5.74, 6) is 1.34. The molecule has 1 rings (SSSR count). The second kappa shape index (κ2) is 4.81. The third-order valence-electron chi connectivity index (χ3n) is 1.38. The van der Waals surface area contributed by atoms with Crippen LogP contribution in [0.3, 0.4) is 0 Å². The highest BCUT2D eigenvalue weighted by molar-refractivity contribution is 9.11. The third kappa shape index (κ3) is 2.57. The summed E-state index contributed by atoms with van der Waals surface area (Å²) < 4.78 is 11.7. The smallest absolute Gasteiger partial charge is 0.155 e. The fourth-order valence-electron chi connectivity index (χ4n) is 0.834. The highest BCUT2D eigenvalue weighted by atomic mass is 79.9. The number of pyridine rings is 1. The number of methoxy groups -OCH3 is 1. The van der Waals surface area contributed by atoms with Gasteiger partial charge in [-0.3, -0.25) is 0 Å². The van der Waals surface area contributed by atoms with E-state index in [0.29, 0.717) is 27.3 Å². The minimum atomic E-state index is 0.602. The molecule has 0 radical (unpaired) electrons. The van der Waals surface area contributed by atoms with Crippen molar-refractivity contribution in [1.29, 1.82) is 0 Å². The summed E-state index contributed by atoms with van der Waals surface area (Å²) in [5, 5.41) is 0. The molecule has 0 bridgehead atoms. The Kier molecular flexibility index (Phi) is 3.99. The Hall–Kier alpha value is -0.290. The van der Waals surface area contributed by atoms with E-state index in [1.54, 1.807) is 13.2 Å². The van der Waals surface area contributed by atoms with Crippen LogP contribution in [0.1, 0.15) is 6.92 Å². The molecule has 0 aliphatic heterocycles. The molecule has 0 spiro atoms. The number of ether oxygens (including phenoxy) is 2. The van der Waals surface area contributed by atoms with Gasteiger partial charge in [-0.15, -0.1) is 0 Å². The first-order chi connectivity index (χ1) is 6.19. The van der Waals surface area contributed by atoms with Crippen LogP contribution in [0, 0.1) is 0 Å². The average molecular weight is 311 g/mol. The van der Waals surface area contributed by atoms with Crippen LogP contribution in [0.4, 0.5) is 0 Å². The molecule has 1 heterocycles. The summed E-state index contributed by atoms with van der Waals surface area (Å²) in [6.07, 6.45) is 0. The zero-order valence-electron chi connectivity index (χ0n) is 7.30. The van der Waals surface area contributed by atoms with E-state index in [0.717, 1.165) is 0 Å². The number of rotatable bonds is 3. The van der Waals surface area contributed by atoms with Gasteiger partial charge in [-0.05, 0) is 38.8 Å². The van der Waals surface area contributed by atoms with E-state index in [1.165, 1.54) is 0 Å². The van der Waals surface area contributed by atoms with E-state index in [9.17, 15) is 0 Å². The maximum atomic E-state index is 5.32. The molecule has 3 nitrogen and oxygen atoms in total. The van der Waals surface area contributed by atoms with Gasteiger partial charge in [0.2, 0.25) is 0 Å². The van der Waals surface area contributed by atoms with Crippen LogP contribution >= 0.6 is 31.9 Å². The third-order valence-corrected chi connectivity index (χ3v) is 2.52. The van der Waals surface area contributed by atoms with Crippen LogP contribution in [0.5, 0.6) is 11.5 Å². The molecule has 0 atom stereocenters. The van der Waals surface area contributed by atoms with Crippen molar-refractivity contribution in [2.24, 2.45) is 0 Å². The van der Waals surface area contributed by atoms with Crippen molar-refractivity contribution in [3.8, 4) is 11.5 Å². The van der Waals surface area contributed by atoms with Crippen molar-refractivity contribution in [3.63, 3.8) is 0 Å². The fourth-order valence-corrected chi connectivity index (χ4v) is 1.93. The number of halogens is 2. The molecule has 0 fully saturated rings. The van der Waals surface area contributed by atoms with Gasteiger partial charge in [0.1, 0.15) is 9.21 Å². The molecule has 1 aromatic rings. The van der Waals surface area contributed by atoms with Crippen molar-refractivity contribution in [3.05, 3.63) is 15.3 Å². The van der Waals surface area contributed by atoms with E-state index >= 15 is 0 Å². The van der Waals surface area contributed by atoms with Gasteiger partial charge in [0.05, 0.1) is 13.7 Å². The zero-order valence-corrected chi connectivity index (χ0v) is 10.5. The van der Waals surface area contributed by atoms with Gasteiger partial charge in [0, 0.05) is 6.07 Å². The van der Waals surface area contributed by atoms with Gasteiger partial charge >= 0.3 is 0 Å². The first-order valence-corrected chi connectivity index (χ1v) is 5.30. The molecule has 0 aromatic carbocycles. The second-order valence-corrected chi connectivity index (χ2v) is 3.71. The van der Waals surface area contributed by atoms with Crippen molar-refractivity contribution < 1.29 is 9.47 Å². The highest BCUT2D eigenvalue weighted by Crippen LogP contribution is 2.32. The van der Waals surface area contributed by atoms with Crippen molar-refractivity contribution >= 4 is 31.9 Å². The molecule has 1 aromatic heterocycles. The molecule has 0 saturated carbocycles. The lowest BCUT2D eigenvalue weighted by atomic mass is 10.4. The summed E-state index contributed by atoms with van der Waals surface area (Å²) in [7, 11) is 1.59. The quantitative estimate of drug-likeness (QED) is 0.804. The van der Waals surface area contributed by atoms with Gasteiger partial charge in [-0.1, -0.05) is 0 Å². The standard InChI is InChI=1S/C8H9Br2NO2/c1-3-13-6-4-5(12-2)7(9)11-8(6)10/h4H,3H2,1-2H3. The number of hydrogen-bond donors (Lipinski definition) is 0. The first-order valence-electron chi connectivity index (χ1n) is 3.71. The lowest BCUT2D eigenvalue weighted by Gasteiger charge is -2.08. The van der Waals surface area contributed by atoms with Crippen molar-refractivity contribution in [2.75, 3.05) is 13.7 Å².